The van der Waals surface area contributed by atoms with Gasteiger partial charge in [0.05, 0.1) is 6.54 Å². The fourth-order valence-corrected chi connectivity index (χ4v) is 5.86. The van der Waals surface area contributed by atoms with Crippen molar-refractivity contribution in [3.8, 4) is 0 Å². The van der Waals surface area contributed by atoms with Crippen molar-refractivity contribution in [1.29, 1.82) is 0 Å². The molecule has 3 nitrogen and oxygen atoms in total. The van der Waals surface area contributed by atoms with E-state index in [1.165, 1.54) is 51.4 Å². The first kappa shape index (κ1) is 13.1. The Morgan fingerprint density at radius 2 is 1.65 bits per heavy atom. The van der Waals surface area contributed by atoms with Crippen LogP contribution >= 0.6 is 0 Å². The van der Waals surface area contributed by atoms with Crippen molar-refractivity contribution >= 4 is 5.91 Å². The standard InChI is InChI=1S/C17H28N2O/c1-19(10-16(20)18-15-2-3-15)11-17-7-12-4-13(8-17)6-14(5-12)9-17/h12-15H,2-11H2,1H3,(H,18,20). The maximum absolute atomic E-state index is 11.9. The molecule has 5 rings (SSSR count). The maximum atomic E-state index is 11.9. The number of hydrogen-bond acceptors (Lipinski definition) is 2. The lowest BCUT2D eigenvalue weighted by Gasteiger charge is -2.57. The lowest BCUT2D eigenvalue weighted by Crippen LogP contribution is -2.51. The van der Waals surface area contributed by atoms with Crippen LogP contribution in [0.25, 0.3) is 0 Å². The minimum atomic E-state index is 0.236. The van der Waals surface area contributed by atoms with E-state index in [-0.39, 0.29) is 5.91 Å². The third-order valence-electron chi connectivity index (χ3n) is 6.13. The molecule has 0 heterocycles. The van der Waals surface area contributed by atoms with E-state index >= 15 is 0 Å². The normalized spacial score (nSPS) is 42.2. The number of carbonyl (C=O) groups excluding carboxylic acids is 1. The molecule has 0 unspecified atom stereocenters. The van der Waals surface area contributed by atoms with Gasteiger partial charge in [0, 0.05) is 12.6 Å². The summed E-state index contributed by atoms with van der Waals surface area (Å²) in [7, 11) is 2.14. The molecule has 0 saturated heterocycles. The highest BCUT2D eigenvalue weighted by molar-refractivity contribution is 5.78. The van der Waals surface area contributed by atoms with Gasteiger partial charge >= 0.3 is 0 Å². The molecule has 112 valence electrons. The fourth-order valence-electron chi connectivity index (χ4n) is 5.86. The first-order valence-electron chi connectivity index (χ1n) is 8.58. The van der Waals surface area contributed by atoms with Crippen LogP contribution in [0.15, 0.2) is 0 Å². The Morgan fingerprint density at radius 3 is 2.15 bits per heavy atom. The molecule has 0 spiro atoms. The Hall–Kier alpha value is -0.570. The van der Waals surface area contributed by atoms with Crippen LogP contribution in [-0.2, 0) is 4.79 Å². The van der Waals surface area contributed by atoms with Crippen LogP contribution in [0.4, 0.5) is 0 Å². The molecule has 5 saturated carbocycles. The summed E-state index contributed by atoms with van der Waals surface area (Å²) >= 11 is 0. The van der Waals surface area contributed by atoms with Crippen molar-refractivity contribution in [3.05, 3.63) is 0 Å². The predicted molar refractivity (Wildman–Crippen MR) is 79.3 cm³/mol. The van der Waals surface area contributed by atoms with E-state index in [2.05, 4.69) is 17.3 Å². The number of nitrogens with one attached hydrogen (secondary N) is 1. The van der Waals surface area contributed by atoms with Gasteiger partial charge in [-0.1, -0.05) is 0 Å². The van der Waals surface area contributed by atoms with Crippen LogP contribution in [-0.4, -0.2) is 37.0 Å². The quantitative estimate of drug-likeness (QED) is 0.836. The van der Waals surface area contributed by atoms with E-state index in [1.54, 1.807) is 0 Å². The Labute approximate surface area is 122 Å². The van der Waals surface area contributed by atoms with Gasteiger partial charge in [0.15, 0.2) is 0 Å². The van der Waals surface area contributed by atoms with Crippen LogP contribution in [0.3, 0.4) is 0 Å². The predicted octanol–water partition coefficient (Wildman–Crippen LogP) is 2.41. The highest BCUT2D eigenvalue weighted by Crippen LogP contribution is 2.60. The molecule has 3 heteroatoms. The van der Waals surface area contributed by atoms with Gasteiger partial charge in [-0.25, -0.2) is 0 Å². The largest absolute Gasteiger partial charge is 0.352 e. The summed E-state index contributed by atoms with van der Waals surface area (Å²) in [5, 5.41) is 3.11. The highest BCUT2D eigenvalue weighted by atomic mass is 16.2. The van der Waals surface area contributed by atoms with Crippen molar-refractivity contribution < 1.29 is 4.79 Å². The average molecular weight is 276 g/mol. The fraction of sp³-hybridized carbons (Fsp3) is 0.941. The van der Waals surface area contributed by atoms with Crippen LogP contribution in [0.5, 0.6) is 0 Å². The van der Waals surface area contributed by atoms with Crippen LogP contribution in [0.1, 0.15) is 51.4 Å². The van der Waals surface area contributed by atoms with Gasteiger partial charge in [-0.3, -0.25) is 9.69 Å². The Bertz CT molecular complexity index is 367. The molecular weight excluding hydrogens is 248 g/mol. The van der Waals surface area contributed by atoms with E-state index in [0.29, 0.717) is 18.0 Å². The molecule has 5 fully saturated rings. The average Bonchev–Trinajstić information content (AvgIpc) is 3.09. The molecule has 1 amide bonds. The van der Waals surface area contributed by atoms with Crippen LogP contribution in [0, 0.1) is 23.2 Å². The summed E-state index contributed by atoms with van der Waals surface area (Å²) in [5.74, 6) is 3.26. The summed E-state index contributed by atoms with van der Waals surface area (Å²) < 4.78 is 0. The first-order chi connectivity index (χ1) is 9.60. The molecule has 0 atom stereocenters. The molecule has 5 aliphatic carbocycles. The molecule has 0 aromatic rings. The third-order valence-corrected chi connectivity index (χ3v) is 6.13. The number of amides is 1. The lowest BCUT2D eigenvalue weighted by atomic mass is 9.49. The lowest BCUT2D eigenvalue weighted by molar-refractivity contribution is -0.123. The number of nitrogens with zero attached hydrogens (tertiary/aromatic N) is 1. The van der Waals surface area contributed by atoms with E-state index < -0.39 is 0 Å². The van der Waals surface area contributed by atoms with Gasteiger partial charge in [-0.05, 0) is 81.6 Å². The molecule has 0 aromatic heterocycles. The Kier molecular flexibility index (Phi) is 3.10. The van der Waals surface area contributed by atoms with Crippen molar-refractivity contribution in [3.63, 3.8) is 0 Å². The SMILES string of the molecule is CN(CC(=O)NC1CC1)CC12CC3CC(CC(C3)C1)C2. The van der Waals surface area contributed by atoms with Gasteiger partial charge in [-0.2, -0.15) is 0 Å². The molecule has 20 heavy (non-hydrogen) atoms. The smallest absolute Gasteiger partial charge is 0.234 e. The molecular formula is C17H28N2O. The molecule has 0 aliphatic heterocycles. The van der Waals surface area contributed by atoms with Crippen molar-refractivity contribution in [1.82, 2.24) is 10.2 Å². The van der Waals surface area contributed by atoms with Gasteiger partial charge < -0.3 is 5.32 Å². The van der Waals surface area contributed by atoms with E-state index in [0.717, 1.165) is 24.3 Å². The first-order valence-corrected chi connectivity index (χ1v) is 8.58. The summed E-state index contributed by atoms with van der Waals surface area (Å²) in [6, 6.07) is 0.496. The van der Waals surface area contributed by atoms with E-state index in [4.69, 9.17) is 0 Å². The van der Waals surface area contributed by atoms with Gasteiger partial charge in [-0.15, -0.1) is 0 Å². The van der Waals surface area contributed by atoms with Gasteiger partial charge in [0.25, 0.3) is 0 Å². The second-order valence-electron chi connectivity index (χ2n) is 8.43. The second kappa shape index (κ2) is 4.72. The van der Waals surface area contributed by atoms with Gasteiger partial charge in [0.2, 0.25) is 5.91 Å². The zero-order valence-electron chi connectivity index (χ0n) is 12.7. The summed E-state index contributed by atoms with van der Waals surface area (Å²) in [6.07, 6.45) is 11.2. The van der Waals surface area contributed by atoms with E-state index in [1.807, 2.05) is 0 Å². The molecule has 5 aliphatic rings. The Morgan fingerprint density at radius 1 is 1.10 bits per heavy atom. The van der Waals surface area contributed by atoms with Crippen LogP contribution in [0.2, 0.25) is 0 Å². The van der Waals surface area contributed by atoms with Crippen molar-refractivity contribution in [2.24, 2.45) is 23.2 Å². The zero-order chi connectivity index (χ0) is 13.7. The summed E-state index contributed by atoms with van der Waals surface area (Å²) in [4.78, 5) is 14.2. The highest BCUT2D eigenvalue weighted by Gasteiger charge is 2.51. The minimum Gasteiger partial charge on any atom is -0.352 e. The monoisotopic (exact) mass is 276 g/mol. The molecule has 4 bridgehead atoms. The Balaban J connectivity index is 1.34. The molecule has 0 aromatic carbocycles. The zero-order valence-corrected chi connectivity index (χ0v) is 12.7. The van der Waals surface area contributed by atoms with Gasteiger partial charge in [0.1, 0.15) is 0 Å². The molecule has 0 radical (unpaired) electrons. The number of rotatable bonds is 5. The van der Waals surface area contributed by atoms with Crippen molar-refractivity contribution in [2.45, 2.75) is 57.4 Å². The summed E-state index contributed by atoms with van der Waals surface area (Å²) in [6.45, 7) is 1.74. The minimum absolute atomic E-state index is 0.236. The van der Waals surface area contributed by atoms with E-state index in [9.17, 15) is 4.79 Å². The number of carbonyl (C=O) groups is 1. The maximum Gasteiger partial charge on any atom is 0.234 e. The third kappa shape index (κ3) is 2.61. The molecule has 1 N–H and O–H groups in total. The number of hydrogen-bond donors (Lipinski definition) is 1. The second-order valence-corrected chi connectivity index (χ2v) is 8.43. The number of likely N-dealkylation sites (N-methyl/N-ethyl adjacent to an activating group) is 1. The van der Waals surface area contributed by atoms with Crippen molar-refractivity contribution in [2.75, 3.05) is 20.1 Å². The summed E-state index contributed by atoms with van der Waals surface area (Å²) in [5.41, 5.74) is 0.559. The van der Waals surface area contributed by atoms with Crippen LogP contribution < -0.4 is 5.32 Å². The topological polar surface area (TPSA) is 32.3 Å².